The van der Waals surface area contributed by atoms with Gasteiger partial charge in [0.15, 0.2) is 5.78 Å². The van der Waals surface area contributed by atoms with Crippen LogP contribution >= 0.6 is 0 Å². The second-order valence-electron chi connectivity index (χ2n) is 5.96. The Morgan fingerprint density at radius 2 is 1.95 bits per heavy atom. The van der Waals surface area contributed by atoms with E-state index in [1.165, 1.54) is 6.07 Å². The van der Waals surface area contributed by atoms with E-state index < -0.39 is 5.60 Å². The Labute approximate surface area is 112 Å². The van der Waals surface area contributed by atoms with Gasteiger partial charge in [0.05, 0.1) is 17.7 Å². The molecule has 0 N–H and O–H groups in total. The number of hydrogen-bond donors (Lipinski definition) is 0. The first-order chi connectivity index (χ1) is 8.96. The zero-order valence-electron chi connectivity index (χ0n) is 11.3. The van der Waals surface area contributed by atoms with Crippen LogP contribution in [0.25, 0.3) is 0 Å². The highest BCUT2D eigenvalue weighted by atomic mass is 19.1. The molecule has 0 aromatic heterocycles. The zero-order chi connectivity index (χ0) is 13.6. The van der Waals surface area contributed by atoms with Crippen molar-refractivity contribution < 1.29 is 13.9 Å². The highest BCUT2D eigenvalue weighted by Gasteiger charge is 2.34. The Morgan fingerprint density at radius 3 is 2.63 bits per heavy atom. The number of rotatable bonds is 1. The maximum Gasteiger partial charge on any atom is 0.170 e. The molecule has 4 heteroatoms. The standard InChI is InChI=1S/C15H18FNO2/c1-15(2)9-13(18)10-7-11(16)12(8-14(10)19-15)17-5-3-4-6-17/h7-8H,3-6,9H2,1-2H3. The van der Waals surface area contributed by atoms with E-state index in [4.69, 9.17) is 4.74 Å². The first-order valence-corrected chi connectivity index (χ1v) is 6.77. The number of benzene rings is 1. The number of carbonyl (C=O) groups excluding carboxylic acids is 1. The number of fused-ring (bicyclic) bond motifs is 1. The summed E-state index contributed by atoms with van der Waals surface area (Å²) in [5.41, 5.74) is 0.422. The van der Waals surface area contributed by atoms with Gasteiger partial charge in [0, 0.05) is 19.2 Å². The summed E-state index contributed by atoms with van der Waals surface area (Å²) in [6.45, 7) is 5.50. The van der Waals surface area contributed by atoms with E-state index in [1.807, 2.05) is 18.7 Å². The van der Waals surface area contributed by atoms with Crippen LogP contribution in [0.1, 0.15) is 43.5 Å². The van der Waals surface area contributed by atoms with Crippen LogP contribution in [0, 0.1) is 5.82 Å². The highest BCUT2D eigenvalue weighted by molar-refractivity contribution is 6.00. The van der Waals surface area contributed by atoms with Crippen LogP contribution in [-0.2, 0) is 0 Å². The van der Waals surface area contributed by atoms with Crippen LogP contribution in [0.15, 0.2) is 12.1 Å². The maximum atomic E-state index is 14.1. The zero-order valence-corrected chi connectivity index (χ0v) is 11.3. The fourth-order valence-corrected chi connectivity index (χ4v) is 2.86. The van der Waals surface area contributed by atoms with Gasteiger partial charge in [0.1, 0.15) is 17.2 Å². The van der Waals surface area contributed by atoms with Crippen molar-refractivity contribution in [2.24, 2.45) is 0 Å². The van der Waals surface area contributed by atoms with Crippen molar-refractivity contribution in [3.63, 3.8) is 0 Å². The average Bonchev–Trinajstić information content (AvgIpc) is 2.82. The van der Waals surface area contributed by atoms with E-state index >= 15 is 0 Å². The normalized spacial score (nSPS) is 21.2. The van der Waals surface area contributed by atoms with Crippen LogP contribution in [0.2, 0.25) is 0 Å². The summed E-state index contributed by atoms with van der Waals surface area (Å²) in [5.74, 6) is 0.153. The molecule has 1 aromatic rings. The summed E-state index contributed by atoms with van der Waals surface area (Å²) in [5, 5.41) is 0. The molecule has 1 fully saturated rings. The van der Waals surface area contributed by atoms with Crippen molar-refractivity contribution in [1.29, 1.82) is 0 Å². The number of carbonyl (C=O) groups is 1. The largest absolute Gasteiger partial charge is 0.487 e. The van der Waals surface area contributed by atoms with Gasteiger partial charge in [-0.05, 0) is 32.8 Å². The average molecular weight is 263 g/mol. The third kappa shape index (κ3) is 2.20. The van der Waals surface area contributed by atoms with Crippen molar-refractivity contribution in [2.45, 2.75) is 38.7 Å². The molecule has 0 bridgehead atoms. The Kier molecular flexibility index (Phi) is 2.77. The first kappa shape index (κ1) is 12.5. The van der Waals surface area contributed by atoms with Crippen LogP contribution in [0.4, 0.5) is 10.1 Å². The number of ketones is 1. The maximum absolute atomic E-state index is 14.1. The highest BCUT2D eigenvalue weighted by Crippen LogP contribution is 2.37. The molecular weight excluding hydrogens is 245 g/mol. The van der Waals surface area contributed by atoms with Gasteiger partial charge >= 0.3 is 0 Å². The summed E-state index contributed by atoms with van der Waals surface area (Å²) in [4.78, 5) is 14.0. The lowest BCUT2D eigenvalue weighted by molar-refractivity contribution is 0.0619. The van der Waals surface area contributed by atoms with E-state index in [-0.39, 0.29) is 11.6 Å². The van der Waals surface area contributed by atoms with Gasteiger partial charge < -0.3 is 9.64 Å². The van der Waals surface area contributed by atoms with Crippen molar-refractivity contribution in [3.05, 3.63) is 23.5 Å². The number of Topliss-reactive ketones (excluding diaryl/α,β-unsaturated/α-hetero) is 1. The van der Waals surface area contributed by atoms with E-state index in [1.54, 1.807) is 6.07 Å². The fraction of sp³-hybridized carbons (Fsp3) is 0.533. The lowest BCUT2D eigenvalue weighted by Crippen LogP contribution is -2.36. The van der Waals surface area contributed by atoms with Gasteiger partial charge in [-0.25, -0.2) is 4.39 Å². The van der Waals surface area contributed by atoms with E-state index in [0.717, 1.165) is 25.9 Å². The third-order valence-electron chi connectivity index (χ3n) is 3.77. The van der Waals surface area contributed by atoms with Gasteiger partial charge in [-0.15, -0.1) is 0 Å². The molecule has 2 aliphatic rings. The van der Waals surface area contributed by atoms with Crippen LogP contribution in [0.3, 0.4) is 0 Å². The minimum absolute atomic E-state index is 0.0434. The van der Waals surface area contributed by atoms with Crippen molar-refractivity contribution in [3.8, 4) is 5.75 Å². The van der Waals surface area contributed by atoms with Gasteiger partial charge in [0.25, 0.3) is 0 Å². The van der Waals surface area contributed by atoms with Gasteiger partial charge in [-0.2, -0.15) is 0 Å². The number of nitrogens with zero attached hydrogens (tertiary/aromatic N) is 1. The molecule has 1 saturated heterocycles. The molecule has 0 atom stereocenters. The smallest absolute Gasteiger partial charge is 0.170 e. The quantitative estimate of drug-likeness (QED) is 0.779. The molecule has 0 saturated carbocycles. The summed E-state index contributed by atoms with van der Waals surface area (Å²) < 4.78 is 20.0. The predicted molar refractivity (Wildman–Crippen MR) is 71.5 cm³/mol. The fourth-order valence-electron chi connectivity index (χ4n) is 2.86. The molecule has 2 heterocycles. The van der Waals surface area contributed by atoms with Crippen LogP contribution in [0.5, 0.6) is 5.75 Å². The van der Waals surface area contributed by atoms with Gasteiger partial charge in [0.2, 0.25) is 0 Å². The number of hydrogen-bond acceptors (Lipinski definition) is 3. The lowest BCUT2D eigenvalue weighted by Gasteiger charge is -2.32. The van der Waals surface area contributed by atoms with Gasteiger partial charge in [-0.3, -0.25) is 4.79 Å². The monoisotopic (exact) mass is 263 g/mol. The Morgan fingerprint density at radius 1 is 1.26 bits per heavy atom. The summed E-state index contributed by atoms with van der Waals surface area (Å²) in [6, 6.07) is 3.02. The van der Waals surface area contributed by atoms with Crippen molar-refractivity contribution in [2.75, 3.05) is 18.0 Å². The van der Waals surface area contributed by atoms with Crippen molar-refractivity contribution in [1.82, 2.24) is 0 Å². The topological polar surface area (TPSA) is 29.5 Å². The lowest BCUT2D eigenvalue weighted by atomic mass is 9.93. The third-order valence-corrected chi connectivity index (χ3v) is 3.77. The summed E-state index contributed by atoms with van der Waals surface area (Å²) >= 11 is 0. The Bertz CT molecular complexity index is 533. The van der Waals surface area contributed by atoms with Crippen molar-refractivity contribution >= 4 is 11.5 Å². The number of ether oxygens (including phenoxy) is 1. The second kappa shape index (κ2) is 4.22. The summed E-state index contributed by atoms with van der Waals surface area (Å²) in [6.07, 6.45) is 2.46. The second-order valence-corrected chi connectivity index (χ2v) is 5.96. The van der Waals surface area contributed by atoms with E-state index in [2.05, 4.69) is 0 Å². The summed E-state index contributed by atoms with van der Waals surface area (Å²) in [7, 11) is 0. The molecule has 19 heavy (non-hydrogen) atoms. The Balaban J connectivity index is 2.04. The minimum Gasteiger partial charge on any atom is -0.487 e. The molecule has 0 radical (unpaired) electrons. The molecule has 0 amide bonds. The predicted octanol–water partition coefficient (Wildman–Crippen LogP) is 3.17. The number of anilines is 1. The molecule has 1 aromatic carbocycles. The van der Waals surface area contributed by atoms with E-state index in [0.29, 0.717) is 23.4 Å². The SMILES string of the molecule is CC1(C)CC(=O)c2cc(F)c(N3CCCC3)cc2O1. The number of halogens is 1. The molecule has 3 rings (SSSR count). The molecule has 0 aliphatic carbocycles. The van der Waals surface area contributed by atoms with E-state index in [9.17, 15) is 9.18 Å². The molecular formula is C15H18FNO2. The molecule has 2 aliphatic heterocycles. The molecule has 102 valence electrons. The first-order valence-electron chi connectivity index (χ1n) is 6.77. The van der Waals surface area contributed by atoms with Crippen LogP contribution in [-0.4, -0.2) is 24.5 Å². The van der Waals surface area contributed by atoms with Crippen LogP contribution < -0.4 is 9.64 Å². The van der Waals surface area contributed by atoms with Gasteiger partial charge in [-0.1, -0.05) is 0 Å². The molecule has 3 nitrogen and oxygen atoms in total. The Hall–Kier alpha value is -1.58. The minimum atomic E-state index is -0.510. The molecule has 0 spiro atoms. The molecule has 0 unspecified atom stereocenters.